The molecule has 2 aromatic rings. The van der Waals surface area contributed by atoms with Crippen LogP contribution in [0.2, 0.25) is 0 Å². The molecular weight excluding hydrogens is 290 g/mol. The van der Waals surface area contributed by atoms with Gasteiger partial charge in [0.15, 0.2) is 0 Å². The first kappa shape index (κ1) is 13.9. The largest absolute Gasteiger partial charge is 0.351 e. The van der Waals surface area contributed by atoms with E-state index >= 15 is 0 Å². The Bertz CT molecular complexity index is 616. The molecule has 1 fully saturated rings. The molecule has 0 bridgehead atoms. The van der Waals surface area contributed by atoms with Crippen LogP contribution >= 0.6 is 22.9 Å². The summed E-state index contributed by atoms with van der Waals surface area (Å²) in [6, 6.07) is 8.03. The van der Waals surface area contributed by atoms with Gasteiger partial charge in [0.05, 0.1) is 5.56 Å². The zero-order valence-corrected chi connectivity index (χ0v) is 12.9. The van der Waals surface area contributed by atoms with Crippen LogP contribution in [-0.4, -0.2) is 18.3 Å². The van der Waals surface area contributed by atoms with Gasteiger partial charge in [-0.3, -0.25) is 4.79 Å². The predicted molar refractivity (Wildman–Crippen MR) is 85.8 cm³/mol. The Balaban J connectivity index is 1.73. The first-order chi connectivity index (χ1) is 9.74. The molecule has 20 heavy (non-hydrogen) atoms. The van der Waals surface area contributed by atoms with Crippen LogP contribution in [-0.2, 0) is 0 Å². The van der Waals surface area contributed by atoms with Crippen molar-refractivity contribution in [3.05, 3.63) is 35.2 Å². The van der Waals surface area contributed by atoms with Crippen molar-refractivity contribution >= 4 is 38.9 Å². The Morgan fingerprint density at radius 1 is 1.30 bits per heavy atom. The fourth-order valence-corrected chi connectivity index (χ4v) is 4.30. The number of nitrogens with one attached hydrogen (secondary N) is 1. The zero-order chi connectivity index (χ0) is 14.0. The molecule has 0 saturated heterocycles. The minimum Gasteiger partial charge on any atom is -0.351 e. The second-order valence-electron chi connectivity index (χ2n) is 5.67. The molecule has 1 aromatic carbocycles. The van der Waals surface area contributed by atoms with E-state index in [9.17, 15) is 4.79 Å². The van der Waals surface area contributed by atoms with Gasteiger partial charge in [-0.1, -0.05) is 31.0 Å². The highest BCUT2D eigenvalue weighted by Crippen LogP contribution is 2.38. The molecule has 0 unspecified atom stereocenters. The molecule has 1 N–H and O–H groups in total. The number of fused-ring (bicyclic) bond motifs is 1. The molecule has 4 heteroatoms. The van der Waals surface area contributed by atoms with Crippen molar-refractivity contribution in [2.75, 3.05) is 12.4 Å². The Kier molecular flexibility index (Phi) is 3.99. The fourth-order valence-electron chi connectivity index (χ4n) is 3.00. The van der Waals surface area contributed by atoms with Gasteiger partial charge >= 0.3 is 0 Å². The second kappa shape index (κ2) is 5.74. The zero-order valence-electron chi connectivity index (χ0n) is 11.3. The third-order valence-electron chi connectivity index (χ3n) is 4.30. The summed E-state index contributed by atoms with van der Waals surface area (Å²) in [6.07, 6.45) is 4.70. The van der Waals surface area contributed by atoms with Crippen LogP contribution in [0.25, 0.3) is 10.1 Å². The van der Waals surface area contributed by atoms with E-state index in [-0.39, 0.29) is 11.3 Å². The third kappa shape index (κ3) is 2.57. The van der Waals surface area contributed by atoms with E-state index in [0.29, 0.717) is 12.4 Å². The number of thiophene rings is 1. The number of carbonyl (C=O) groups excluding carboxylic acids is 1. The van der Waals surface area contributed by atoms with E-state index in [4.69, 9.17) is 11.6 Å². The highest BCUT2D eigenvalue weighted by molar-refractivity contribution is 7.17. The van der Waals surface area contributed by atoms with Crippen LogP contribution in [0.4, 0.5) is 0 Å². The summed E-state index contributed by atoms with van der Waals surface area (Å²) in [5.41, 5.74) is 0.900. The van der Waals surface area contributed by atoms with Crippen LogP contribution in [0.5, 0.6) is 0 Å². The summed E-state index contributed by atoms with van der Waals surface area (Å²) in [4.78, 5) is 12.4. The Morgan fingerprint density at radius 3 is 2.80 bits per heavy atom. The van der Waals surface area contributed by atoms with Crippen molar-refractivity contribution in [1.82, 2.24) is 5.32 Å². The average molecular weight is 308 g/mol. The van der Waals surface area contributed by atoms with Crippen molar-refractivity contribution in [2.24, 2.45) is 5.41 Å². The van der Waals surface area contributed by atoms with Crippen LogP contribution < -0.4 is 5.32 Å². The number of carbonyl (C=O) groups is 1. The minimum atomic E-state index is 0.0267. The number of alkyl halides is 1. The highest BCUT2D eigenvalue weighted by atomic mass is 35.5. The number of hydrogen-bond acceptors (Lipinski definition) is 2. The molecule has 1 aromatic heterocycles. The quantitative estimate of drug-likeness (QED) is 0.832. The van der Waals surface area contributed by atoms with Crippen molar-refractivity contribution < 1.29 is 4.79 Å². The topological polar surface area (TPSA) is 29.1 Å². The maximum absolute atomic E-state index is 12.4. The lowest BCUT2D eigenvalue weighted by Crippen LogP contribution is -2.37. The summed E-state index contributed by atoms with van der Waals surface area (Å²) in [5, 5.41) is 6.08. The van der Waals surface area contributed by atoms with Gasteiger partial charge in [0.1, 0.15) is 0 Å². The molecule has 1 heterocycles. The predicted octanol–water partition coefficient (Wildman–Crippen LogP) is 4.43. The maximum atomic E-state index is 12.4. The monoisotopic (exact) mass is 307 g/mol. The van der Waals surface area contributed by atoms with Gasteiger partial charge < -0.3 is 5.32 Å². The van der Waals surface area contributed by atoms with Crippen molar-refractivity contribution in [3.63, 3.8) is 0 Å². The highest BCUT2D eigenvalue weighted by Gasteiger charge is 2.33. The van der Waals surface area contributed by atoms with E-state index in [1.807, 2.05) is 29.6 Å². The van der Waals surface area contributed by atoms with E-state index in [2.05, 4.69) is 5.32 Å². The molecule has 2 nitrogen and oxygen atoms in total. The van der Waals surface area contributed by atoms with Crippen molar-refractivity contribution in [2.45, 2.75) is 25.7 Å². The molecule has 0 spiro atoms. The minimum absolute atomic E-state index is 0.0267. The number of hydrogen-bond donors (Lipinski definition) is 1. The third-order valence-corrected chi connectivity index (χ3v) is 5.83. The molecule has 0 aliphatic heterocycles. The SMILES string of the molecule is O=C(NCC1(CCl)CCCC1)c1csc2ccccc12. The van der Waals surface area contributed by atoms with Gasteiger partial charge in [-0.2, -0.15) is 0 Å². The molecule has 1 aliphatic carbocycles. The molecule has 106 valence electrons. The summed E-state index contributed by atoms with van der Waals surface area (Å²) in [7, 11) is 0. The van der Waals surface area contributed by atoms with Gasteiger partial charge in [-0.25, -0.2) is 0 Å². The van der Waals surface area contributed by atoms with Gasteiger partial charge in [-0.15, -0.1) is 22.9 Å². The van der Waals surface area contributed by atoms with E-state index in [1.54, 1.807) is 11.3 Å². The molecule has 1 amide bonds. The summed E-state index contributed by atoms with van der Waals surface area (Å²) >= 11 is 7.74. The van der Waals surface area contributed by atoms with Gasteiger partial charge in [-0.05, 0) is 18.9 Å². The van der Waals surface area contributed by atoms with Gasteiger partial charge in [0, 0.05) is 33.3 Å². The lowest BCUT2D eigenvalue weighted by molar-refractivity contribution is 0.0937. The van der Waals surface area contributed by atoms with E-state index in [0.717, 1.165) is 28.5 Å². The first-order valence-corrected chi connectivity index (χ1v) is 8.46. The Labute approximate surface area is 128 Å². The first-order valence-electron chi connectivity index (χ1n) is 7.05. The second-order valence-corrected chi connectivity index (χ2v) is 6.85. The Hall–Kier alpha value is -1.06. The van der Waals surface area contributed by atoms with E-state index < -0.39 is 0 Å². The van der Waals surface area contributed by atoms with Crippen LogP contribution in [0.1, 0.15) is 36.0 Å². The average Bonchev–Trinajstić information content (AvgIpc) is 3.12. The van der Waals surface area contributed by atoms with Crippen molar-refractivity contribution in [3.8, 4) is 0 Å². The van der Waals surface area contributed by atoms with Crippen molar-refractivity contribution in [1.29, 1.82) is 0 Å². The number of benzene rings is 1. The van der Waals surface area contributed by atoms with E-state index in [1.165, 1.54) is 12.8 Å². The molecule has 0 atom stereocenters. The van der Waals surface area contributed by atoms with Crippen LogP contribution in [0.3, 0.4) is 0 Å². The summed E-state index contributed by atoms with van der Waals surface area (Å²) in [5.74, 6) is 0.663. The molecular formula is C16H18ClNOS. The number of amides is 1. The fraction of sp³-hybridized carbons (Fsp3) is 0.438. The number of halogens is 1. The standard InChI is InChI=1S/C16H18ClNOS/c17-10-16(7-3-4-8-16)11-18-15(19)13-9-20-14-6-2-1-5-12(13)14/h1-2,5-6,9H,3-4,7-8,10-11H2,(H,18,19). The molecule has 1 saturated carbocycles. The lowest BCUT2D eigenvalue weighted by atomic mass is 9.88. The lowest BCUT2D eigenvalue weighted by Gasteiger charge is -2.26. The molecule has 3 rings (SSSR count). The normalized spacial score (nSPS) is 17.4. The van der Waals surface area contributed by atoms with Crippen LogP contribution in [0, 0.1) is 5.41 Å². The van der Waals surface area contributed by atoms with Crippen LogP contribution in [0.15, 0.2) is 29.6 Å². The maximum Gasteiger partial charge on any atom is 0.252 e. The number of rotatable bonds is 4. The Morgan fingerprint density at radius 2 is 2.05 bits per heavy atom. The van der Waals surface area contributed by atoms with Gasteiger partial charge in [0.25, 0.3) is 5.91 Å². The summed E-state index contributed by atoms with van der Waals surface area (Å²) < 4.78 is 1.16. The molecule has 1 aliphatic rings. The molecule has 0 radical (unpaired) electrons. The van der Waals surface area contributed by atoms with Gasteiger partial charge in [0.2, 0.25) is 0 Å². The smallest absolute Gasteiger partial charge is 0.252 e. The summed E-state index contributed by atoms with van der Waals surface area (Å²) in [6.45, 7) is 0.694.